The average Bonchev–Trinajstić information content (AvgIpc) is 2.83. The fraction of sp³-hybridized carbons (Fsp3) is 0.292. The van der Waals surface area contributed by atoms with Crippen molar-refractivity contribution in [3.63, 3.8) is 0 Å². The van der Waals surface area contributed by atoms with Crippen LogP contribution in [0.15, 0.2) is 59.5 Å². The first-order valence-electron chi connectivity index (χ1n) is 10.8. The number of piperidine rings is 1. The number of nitrogens with zero attached hydrogens (tertiary/aromatic N) is 2. The summed E-state index contributed by atoms with van der Waals surface area (Å²) in [7, 11) is -3.53. The van der Waals surface area contributed by atoms with Gasteiger partial charge in [0.1, 0.15) is 0 Å². The number of aryl methyl sites for hydroxylation is 1. The van der Waals surface area contributed by atoms with Crippen LogP contribution in [0.2, 0.25) is 0 Å². The van der Waals surface area contributed by atoms with E-state index in [1.807, 2.05) is 6.07 Å². The van der Waals surface area contributed by atoms with Crippen LogP contribution in [0.1, 0.15) is 35.3 Å². The molecule has 9 heteroatoms. The molecule has 0 atom stereocenters. The molecule has 33 heavy (non-hydrogen) atoms. The summed E-state index contributed by atoms with van der Waals surface area (Å²) in [5.74, 6) is -1.14. The highest BCUT2D eigenvalue weighted by molar-refractivity contribution is 7.89. The van der Waals surface area contributed by atoms with Crippen LogP contribution in [0, 0.1) is 6.92 Å². The number of aromatic nitrogens is 1. The standard InChI is InChI=1S/C24H25N3O5S/c1-17-15-21(20-7-3-4-8-22(20)25-17)24(29)32-16-23(28)26-18-9-11-19(12-10-18)33(30,31)27-13-5-2-6-14-27/h3-4,7-12,15H,2,5-6,13-14,16H2,1H3,(H,26,28). The van der Waals surface area contributed by atoms with Gasteiger partial charge in [-0.2, -0.15) is 4.31 Å². The number of ether oxygens (including phenoxy) is 1. The van der Waals surface area contributed by atoms with Gasteiger partial charge in [-0.25, -0.2) is 13.2 Å². The second-order valence-corrected chi connectivity index (χ2v) is 9.88. The Labute approximate surface area is 192 Å². The molecule has 0 aliphatic carbocycles. The van der Waals surface area contributed by atoms with E-state index in [1.165, 1.54) is 28.6 Å². The van der Waals surface area contributed by atoms with E-state index >= 15 is 0 Å². The van der Waals surface area contributed by atoms with E-state index in [0.717, 1.165) is 19.3 Å². The van der Waals surface area contributed by atoms with Crippen molar-refractivity contribution in [1.29, 1.82) is 0 Å². The van der Waals surface area contributed by atoms with Gasteiger partial charge >= 0.3 is 5.97 Å². The molecule has 2 heterocycles. The number of hydrogen-bond donors (Lipinski definition) is 1. The molecule has 0 radical (unpaired) electrons. The SMILES string of the molecule is Cc1cc(C(=O)OCC(=O)Nc2ccc(S(=O)(=O)N3CCCCC3)cc2)c2ccccc2n1. The molecule has 1 saturated heterocycles. The van der Waals surface area contributed by atoms with E-state index < -0.39 is 28.5 Å². The molecule has 8 nitrogen and oxygen atoms in total. The Balaban J connectivity index is 1.37. The smallest absolute Gasteiger partial charge is 0.339 e. The first-order chi connectivity index (χ1) is 15.8. The molecule has 3 aromatic rings. The van der Waals surface area contributed by atoms with Crippen LogP contribution in [0.3, 0.4) is 0 Å². The van der Waals surface area contributed by atoms with E-state index in [9.17, 15) is 18.0 Å². The van der Waals surface area contributed by atoms with Gasteiger partial charge in [0.05, 0.1) is 16.0 Å². The number of rotatable bonds is 6. The number of para-hydroxylation sites is 1. The molecule has 2 aromatic carbocycles. The molecule has 172 valence electrons. The molecule has 1 aliphatic heterocycles. The highest BCUT2D eigenvalue weighted by atomic mass is 32.2. The largest absolute Gasteiger partial charge is 0.452 e. The van der Waals surface area contributed by atoms with E-state index in [0.29, 0.717) is 40.9 Å². The van der Waals surface area contributed by atoms with Gasteiger partial charge in [0.25, 0.3) is 5.91 Å². The van der Waals surface area contributed by atoms with Crippen LogP contribution in [-0.2, 0) is 19.6 Å². The number of sulfonamides is 1. The number of esters is 1. The quantitative estimate of drug-likeness (QED) is 0.556. The zero-order valence-electron chi connectivity index (χ0n) is 18.3. The lowest BCUT2D eigenvalue weighted by molar-refractivity contribution is -0.119. The van der Waals surface area contributed by atoms with Gasteiger partial charge in [-0.15, -0.1) is 0 Å². The number of anilines is 1. The first kappa shape index (κ1) is 22.9. The number of benzene rings is 2. The van der Waals surface area contributed by atoms with Crippen molar-refractivity contribution in [2.75, 3.05) is 25.0 Å². The lowest BCUT2D eigenvalue weighted by Crippen LogP contribution is -2.35. The highest BCUT2D eigenvalue weighted by Crippen LogP contribution is 2.22. The number of carbonyl (C=O) groups is 2. The molecule has 0 spiro atoms. The van der Waals surface area contributed by atoms with Gasteiger partial charge in [0.2, 0.25) is 10.0 Å². The third-order valence-electron chi connectivity index (χ3n) is 5.49. The third kappa shape index (κ3) is 5.20. The predicted octanol–water partition coefficient (Wildman–Crippen LogP) is 3.51. The molecule has 0 unspecified atom stereocenters. The molecular weight excluding hydrogens is 442 g/mol. The van der Waals surface area contributed by atoms with E-state index in [4.69, 9.17) is 4.74 Å². The summed E-state index contributed by atoms with van der Waals surface area (Å²) in [6.07, 6.45) is 2.76. The van der Waals surface area contributed by atoms with E-state index in [1.54, 1.807) is 31.2 Å². The zero-order chi connectivity index (χ0) is 23.4. The molecule has 1 amide bonds. The second-order valence-electron chi connectivity index (χ2n) is 7.94. The molecule has 1 aliphatic rings. The Morgan fingerprint density at radius 3 is 2.45 bits per heavy atom. The number of amides is 1. The summed E-state index contributed by atoms with van der Waals surface area (Å²) in [5, 5.41) is 3.27. The summed E-state index contributed by atoms with van der Waals surface area (Å²) in [5.41, 5.74) is 2.11. The van der Waals surface area contributed by atoms with E-state index in [2.05, 4.69) is 10.3 Å². The van der Waals surface area contributed by atoms with Gasteiger partial charge in [0, 0.05) is 29.9 Å². The molecule has 1 fully saturated rings. The number of nitrogens with one attached hydrogen (secondary N) is 1. The first-order valence-corrected chi connectivity index (χ1v) is 12.2. The van der Waals surface area contributed by atoms with Crippen molar-refractivity contribution in [2.24, 2.45) is 0 Å². The van der Waals surface area contributed by atoms with Gasteiger partial charge in [-0.1, -0.05) is 24.6 Å². The van der Waals surface area contributed by atoms with Crippen LogP contribution >= 0.6 is 0 Å². The molecular formula is C24H25N3O5S. The van der Waals surface area contributed by atoms with E-state index in [-0.39, 0.29) is 4.90 Å². The Morgan fingerprint density at radius 1 is 1.03 bits per heavy atom. The monoisotopic (exact) mass is 467 g/mol. The lowest BCUT2D eigenvalue weighted by atomic mass is 10.1. The molecule has 1 aromatic heterocycles. The number of carbonyl (C=O) groups excluding carboxylic acids is 2. The van der Waals surface area contributed by atoms with Crippen molar-refractivity contribution in [3.05, 3.63) is 65.9 Å². The topological polar surface area (TPSA) is 106 Å². The minimum atomic E-state index is -3.53. The number of hydrogen-bond acceptors (Lipinski definition) is 6. The molecule has 4 rings (SSSR count). The molecule has 0 saturated carbocycles. The maximum absolute atomic E-state index is 12.7. The third-order valence-corrected chi connectivity index (χ3v) is 7.40. The Hall–Kier alpha value is -3.30. The minimum Gasteiger partial charge on any atom is -0.452 e. The van der Waals surface area contributed by atoms with Crippen LogP contribution in [0.4, 0.5) is 5.69 Å². The summed E-state index contributed by atoms with van der Waals surface area (Å²) < 4.78 is 32.1. The zero-order valence-corrected chi connectivity index (χ0v) is 19.1. The normalized spacial score (nSPS) is 14.7. The number of pyridine rings is 1. The van der Waals surface area contributed by atoms with Gasteiger partial charge in [0.15, 0.2) is 6.61 Å². The average molecular weight is 468 g/mol. The van der Waals surface area contributed by atoms with Crippen molar-refractivity contribution in [3.8, 4) is 0 Å². The second kappa shape index (κ2) is 9.68. The van der Waals surface area contributed by atoms with Crippen molar-refractivity contribution < 1.29 is 22.7 Å². The lowest BCUT2D eigenvalue weighted by Gasteiger charge is -2.25. The summed E-state index contributed by atoms with van der Waals surface area (Å²) >= 11 is 0. The van der Waals surface area contributed by atoms with Crippen LogP contribution in [-0.4, -0.2) is 49.3 Å². The van der Waals surface area contributed by atoms with Crippen LogP contribution in [0.5, 0.6) is 0 Å². The Bertz CT molecular complexity index is 1280. The van der Waals surface area contributed by atoms with Crippen molar-refractivity contribution in [2.45, 2.75) is 31.1 Å². The summed E-state index contributed by atoms with van der Waals surface area (Å²) in [4.78, 5) is 29.4. The minimum absolute atomic E-state index is 0.189. The fourth-order valence-electron chi connectivity index (χ4n) is 3.85. The Kier molecular flexibility index (Phi) is 6.71. The molecule has 0 bridgehead atoms. The van der Waals surface area contributed by atoms with Crippen LogP contribution < -0.4 is 5.32 Å². The molecule has 1 N–H and O–H groups in total. The van der Waals surface area contributed by atoms with Crippen molar-refractivity contribution >= 4 is 38.5 Å². The maximum Gasteiger partial charge on any atom is 0.339 e. The Morgan fingerprint density at radius 2 is 1.73 bits per heavy atom. The van der Waals surface area contributed by atoms with Crippen molar-refractivity contribution in [1.82, 2.24) is 9.29 Å². The van der Waals surface area contributed by atoms with Gasteiger partial charge in [-0.05, 0) is 56.2 Å². The summed E-state index contributed by atoms with van der Waals surface area (Å²) in [6.45, 7) is 2.37. The van der Waals surface area contributed by atoms with Gasteiger partial charge in [-0.3, -0.25) is 9.78 Å². The van der Waals surface area contributed by atoms with Gasteiger partial charge < -0.3 is 10.1 Å². The predicted molar refractivity (Wildman–Crippen MR) is 124 cm³/mol. The number of fused-ring (bicyclic) bond motifs is 1. The maximum atomic E-state index is 12.7. The highest BCUT2D eigenvalue weighted by Gasteiger charge is 2.25. The fourth-order valence-corrected chi connectivity index (χ4v) is 5.36. The summed E-state index contributed by atoms with van der Waals surface area (Å²) in [6, 6.07) is 14.8. The van der Waals surface area contributed by atoms with Crippen LogP contribution in [0.25, 0.3) is 10.9 Å².